The molecule has 1 saturated carbocycles. The van der Waals surface area contributed by atoms with E-state index in [2.05, 4.69) is 4.98 Å². The van der Waals surface area contributed by atoms with Gasteiger partial charge in [0.25, 0.3) is 5.56 Å². The van der Waals surface area contributed by atoms with Gasteiger partial charge in [0.05, 0.1) is 12.1 Å². The first-order valence-electron chi connectivity index (χ1n) is 9.18. The average Bonchev–Trinajstić information content (AvgIpc) is 2.60. The highest BCUT2D eigenvalue weighted by molar-refractivity contribution is 5.84. The van der Waals surface area contributed by atoms with Gasteiger partial charge in [-0.15, -0.1) is 0 Å². The van der Waals surface area contributed by atoms with Gasteiger partial charge < -0.3 is 9.88 Å². The third kappa shape index (κ3) is 4.17. The minimum Gasteiger partial charge on any atom is -0.327 e. The fourth-order valence-electron chi connectivity index (χ4n) is 3.96. The van der Waals surface area contributed by atoms with Crippen molar-refractivity contribution in [1.82, 2.24) is 9.88 Å². The fourth-order valence-corrected chi connectivity index (χ4v) is 3.96. The number of H-pyrrole nitrogens is 1. The summed E-state index contributed by atoms with van der Waals surface area (Å²) < 4.78 is 39.4. The van der Waals surface area contributed by atoms with Gasteiger partial charge in [-0.25, -0.2) is 0 Å². The van der Waals surface area contributed by atoms with Crippen molar-refractivity contribution in [2.24, 2.45) is 0 Å². The molecular formula is C20H23F3N2O2. The van der Waals surface area contributed by atoms with Crippen LogP contribution in [0.5, 0.6) is 0 Å². The summed E-state index contributed by atoms with van der Waals surface area (Å²) >= 11 is 0. The van der Waals surface area contributed by atoms with E-state index in [9.17, 15) is 22.8 Å². The predicted octanol–water partition coefficient (Wildman–Crippen LogP) is 4.37. The first kappa shape index (κ1) is 19.5. The van der Waals surface area contributed by atoms with E-state index in [4.69, 9.17) is 0 Å². The zero-order chi connectivity index (χ0) is 19.8. The van der Waals surface area contributed by atoms with E-state index in [0.717, 1.165) is 40.7 Å². The van der Waals surface area contributed by atoms with Gasteiger partial charge in [0, 0.05) is 11.6 Å². The molecule has 0 spiro atoms. The molecule has 1 heterocycles. The lowest BCUT2D eigenvalue weighted by molar-refractivity contribution is -0.189. The number of aromatic amines is 1. The van der Waals surface area contributed by atoms with Crippen molar-refractivity contribution < 1.29 is 18.0 Å². The normalized spacial score (nSPS) is 15.9. The zero-order valence-electron chi connectivity index (χ0n) is 15.4. The van der Waals surface area contributed by atoms with Crippen molar-refractivity contribution in [3.8, 4) is 0 Å². The maximum Gasteiger partial charge on any atom is 0.471 e. The van der Waals surface area contributed by atoms with Gasteiger partial charge in [0.2, 0.25) is 0 Å². The Morgan fingerprint density at radius 3 is 2.44 bits per heavy atom. The Morgan fingerprint density at radius 1 is 1.15 bits per heavy atom. The molecule has 27 heavy (non-hydrogen) atoms. The van der Waals surface area contributed by atoms with E-state index in [1.165, 1.54) is 0 Å². The summed E-state index contributed by atoms with van der Waals surface area (Å²) in [6.45, 7) is 3.45. The van der Waals surface area contributed by atoms with Gasteiger partial charge >= 0.3 is 12.1 Å². The summed E-state index contributed by atoms with van der Waals surface area (Å²) in [7, 11) is 0. The van der Waals surface area contributed by atoms with Gasteiger partial charge in [-0.05, 0) is 49.8 Å². The first-order chi connectivity index (χ1) is 12.7. The molecule has 7 heteroatoms. The Bertz CT molecular complexity index is 912. The van der Waals surface area contributed by atoms with E-state index in [0.29, 0.717) is 18.4 Å². The minimum atomic E-state index is -4.95. The Balaban J connectivity index is 2.01. The van der Waals surface area contributed by atoms with Crippen molar-refractivity contribution in [2.75, 3.05) is 0 Å². The van der Waals surface area contributed by atoms with E-state index >= 15 is 0 Å². The molecular weight excluding hydrogens is 357 g/mol. The molecule has 1 N–H and O–H groups in total. The van der Waals surface area contributed by atoms with Crippen LogP contribution in [0.4, 0.5) is 13.2 Å². The molecule has 2 aromatic rings. The number of pyridine rings is 1. The number of amides is 1. The van der Waals surface area contributed by atoms with Crippen molar-refractivity contribution >= 4 is 16.8 Å². The van der Waals surface area contributed by atoms with Gasteiger partial charge in [-0.3, -0.25) is 9.59 Å². The van der Waals surface area contributed by atoms with E-state index in [1.54, 1.807) is 6.07 Å². The molecule has 0 radical (unpaired) electrons. The zero-order valence-corrected chi connectivity index (χ0v) is 15.4. The van der Waals surface area contributed by atoms with Crippen LogP contribution in [0, 0.1) is 13.8 Å². The smallest absolute Gasteiger partial charge is 0.327 e. The van der Waals surface area contributed by atoms with Crippen molar-refractivity contribution in [2.45, 2.75) is 64.7 Å². The second-order valence-electron chi connectivity index (χ2n) is 7.39. The van der Waals surface area contributed by atoms with Gasteiger partial charge in [0.1, 0.15) is 0 Å². The number of halogens is 3. The number of benzene rings is 1. The summed E-state index contributed by atoms with van der Waals surface area (Å²) in [4.78, 5) is 28.1. The second kappa shape index (κ2) is 7.37. The Labute approximate surface area is 155 Å². The predicted molar refractivity (Wildman–Crippen MR) is 97.5 cm³/mol. The van der Waals surface area contributed by atoms with Crippen LogP contribution >= 0.6 is 0 Å². The van der Waals surface area contributed by atoms with Crippen molar-refractivity contribution in [1.29, 1.82) is 0 Å². The number of alkyl halides is 3. The number of nitrogens with one attached hydrogen (secondary N) is 1. The largest absolute Gasteiger partial charge is 0.471 e. The molecule has 1 aliphatic rings. The maximum atomic E-state index is 13.1. The lowest BCUT2D eigenvalue weighted by Crippen LogP contribution is -2.48. The molecule has 1 aromatic carbocycles. The summed E-state index contributed by atoms with van der Waals surface area (Å²) in [6.07, 6.45) is -1.34. The maximum absolute atomic E-state index is 13.1. The standard InChI is InChI=1S/C20H23F3N2O2/c1-12-8-13(2)17-14(9-12)10-15(18(26)24-17)11-25(19(27)20(21,22)23)16-6-4-3-5-7-16/h8-10,16H,3-7,11H2,1-2H3,(H,24,26). The highest BCUT2D eigenvalue weighted by Gasteiger charge is 2.44. The molecule has 0 unspecified atom stereocenters. The highest BCUT2D eigenvalue weighted by atomic mass is 19.4. The quantitative estimate of drug-likeness (QED) is 0.860. The van der Waals surface area contributed by atoms with Gasteiger partial charge in [0.15, 0.2) is 0 Å². The number of carbonyl (C=O) groups is 1. The van der Waals surface area contributed by atoms with E-state index in [-0.39, 0.29) is 12.1 Å². The molecule has 1 aromatic heterocycles. The molecule has 146 valence electrons. The number of aryl methyl sites for hydroxylation is 2. The molecule has 0 bridgehead atoms. The number of aromatic nitrogens is 1. The van der Waals surface area contributed by atoms with Gasteiger partial charge in [-0.2, -0.15) is 13.2 Å². The molecule has 1 fully saturated rings. The second-order valence-corrected chi connectivity index (χ2v) is 7.39. The molecule has 0 saturated heterocycles. The van der Waals surface area contributed by atoms with Crippen LogP contribution in [0.2, 0.25) is 0 Å². The molecule has 4 nitrogen and oxygen atoms in total. The van der Waals surface area contributed by atoms with Crippen molar-refractivity contribution in [3.05, 3.63) is 45.2 Å². The summed E-state index contributed by atoms with van der Waals surface area (Å²) in [5, 5.41) is 0.755. The monoisotopic (exact) mass is 380 g/mol. The Hall–Kier alpha value is -2.31. The van der Waals surface area contributed by atoms with Crippen LogP contribution in [-0.4, -0.2) is 28.0 Å². The number of rotatable bonds is 3. The summed E-state index contributed by atoms with van der Waals surface area (Å²) in [6, 6.07) is 4.92. The third-order valence-corrected chi connectivity index (χ3v) is 5.23. The lowest BCUT2D eigenvalue weighted by Gasteiger charge is -2.34. The minimum absolute atomic E-state index is 0.177. The van der Waals surface area contributed by atoms with Crippen molar-refractivity contribution in [3.63, 3.8) is 0 Å². The molecule has 3 rings (SSSR count). The van der Waals surface area contributed by atoms with E-state index < -0.39 is 23.7 Å². The van der Waals surface area contributed by atoms with Crippen LogP contribution in [0.15, 0.2) is 23.0 Å². The number of fused-ring (bicyclic) bond motifs is 1. The molecule has 0 aliphatic heterocycles. The first-order valence-corrected chi connectivity index (χ1v) is 9.18. The van der Waals surface area contributed by atoms with Crippen LogP contribution < -0.4 is 5.56 Å². The SMILES string of the molecule is Cc1cc(C)c2[nH]c(=O)c(CN(C(=O)C(F)(F)F)C3CCCCC3)cc2c1. The Morgan fingerprint density at radius 2 is 1.81 bits per heavy atom. The number of carbonyl (C=O) groups excluding carboxylic acids is 1. The number of hydrogen-bond acceptors (Lipinski definition) is 2. The van der Waals surface area contributed by atoms with Crippen LogP contribution in [0.3, 0.4) is 0 Å². The molecule has 1 amide bonds. The van der Waals surface area contributed by atoms with Crippen LogP contribution in [-0.2, 0) is 11.3 Å². The van der Waals surface area contributed by atoms with E-state index in [1.807, 2.05) is 26.0 Å². The average molecular weight is 380 g/mol. The third-order valence-electron chi connectivity index (χ3n) is 5.23. The summed E-state index contributed by atoms with van der Waals surface area (Å²) in [5.74, 6) is -1.87. The van der Waals surface area contributed by atoms with Crippen LogP contribution in [0.1, 0.15) is 48.8 Å². The fraction of sp³-hybridized carbons (Fsp3) is 0.500. The molecule has 0 atom stereocenters. The number of hydrogen-bond donors (Lipinski definition) is 1. The summed E-state index contributed by atoms with van der Waals surface area (Å²) in [5.41, 5.74) is 2.28. The number of nitrogens with zero attached hydrogens (tertiary/aromatic N) is 1. The lowest BCUT2D eigenvalue weighted by atomic mass is 9.93. The Kier molecular flexibility index (Phi) is 5.31. The van der Waals surface area contributed by atoms with Crippen LogP contribution in [0.25, 0.3) is 10.9 Å². The van der Waals surface area contributed by atoms with Gasteiger partial charge in [-0.1, -0.05) is 30.9 Å². The highest BCUT2D eigenvalue weighted by Crippen LogP contribution is 2.29. The molecule has 1 aliphatic carbocycles. The topological polar surface area (TPSA) is 53.2 Å².